The first-order valence-electron chi connectivity index (χ1n) is 9.49. The number of pyridine rings is 1. The molecule has 4 rings (SSSR count). The first-order chi connectivity index (χ1) is 13.6. The molecule has 0 spiro atoms. The lowest BCUT2D eigenvalue weighted by molar-refractivity contribution is 0.278. The summed E-state index contributed by atoms with van der Waals surface area (Å²) in [4.78, 5) is 9.07. The van der Waals surface area contributed by atoms with Gasteiger partial charge in [-0.15, -0.1) is 0 Å². The summed E-state index contributed by atoms with van der Waals surface area (Å²) < 4.78 is 2.16. The van der Waals surface area contributed by atoms with Gasteiger partial charge in [0.15, 0.2) is 5.11 Å². The quantitative estimate of drug-likeness (QED) is 0.652. The Labute approximate surface area is 171 Å². The van der Waals surface area contributed by atoms with Crippen LogP contribution in [0.4, 0.5) is 0 Å². The molecule has 0 amide bonds. The summed E-state index contributed by atoms with van der Waals surface area (Å²) >= 11 is 5.71. The van der Waals surface area contributed by atoms with Crippen LogP contribution in [0.15, 0.2) is 73.2 Å². The monoisotopic (exact) mass is 391 g/mol. The molecule has 1 fully saturated rings. The van der Waals surface area contributed by atoms with Gasteiger partial charge in [0.05, 0.1) is 17.8 Å². The molecule has 0 aliphatic carbocycles. The average molecular weight is 392 g/mol. The van der Waals surface area contributed by atoms with Crippen LogP contribution < -0.4 is 5.32 Å². The highest BCUT2D eigenvalue weighted by molar-refractivity contribution is 7.80. The van der Waals surface area contributed by atoms with Gasteiger partial charge in [0.1, 0.15) is 0 Å². The Morgan fingerprint density at radius 1 is 1.07 bits per heavy atom. The van der Waals surface area contributed by atoms with Gasteiger partial charge >= 0.3 is 0 Å². The summed E-state index contributed by atoms with van der Waals surface area (Å²) in [5.41, 5.74) is 3.39. The molecule has 3 aromatic rings. The summed E-state index contributed by atoms with van der Waals surface area (Å²) in [7, 11) is 4.17. The highest BCUT2D eigenvalue weighted by Gasteiger charge is 2.39. The van der Waals surface area contributed by atoms with Crippen molar-refractivity contribution < 1.29 is 0 Å². The number of hydrogen-bond donors (Lipinski definition) is 1. The number of rotatable bonds is 6. The first kappa shape index (κ1) is 18.7. The van der Waals surface area contributed by atoms with Crippen LogP contribution in [0.25, 0.3) is 5.69 Å². The molecule has 2 atom stereocenters. The maximum Gasteiger partial charge on any atom is 0.170 e. The van der Waals surface area contributed by atoms with Crippen LogP contribution in [0.1, 0.15) is 23.3 Å². The van der Waals surface area contributed by atoms with E-state index in [1.165, 1.54) is 5.56 Å². The fourth-order valence-corrected chi connectivity index (χ4v) is 4.00. The van der Waals surface area contributed by atoms with E-state index in [-0.39, 0.29) is 12.1 Å². The van der Waals surface area contributed by atoms with Gasteiger partial charge in [-0.2, -0.15) is 0 Å². The average Bonchev–Trinajstić information content (AvgIpc) is 3.32. The molecule has 0 unspecified atom stereocenters. The topological polar surface area (TPSA) is 36.3 Å². The van der Waals surface area contributed by atoms with Gasteiger partial charge in [0.25, 0.3) is 0 Å². The molecule has 1 aromatic carbocycles. The van der Waals surface area contributed by atoms with Gasteiger partial charge < -0.3 is 19.7 Å². The minimum absolute atomic E-state index is 0.0301. The molecule has 144 valence electrons. The van der Waals surface area contributed by atoms with Crippen LogP contribution >= 0.6 is 12.2 Å². The smallest absolute Gasteiger partial charge is 0.170 e. The van der Waals surface area contributed by atoms with Crippen LogP contribution in [0.2, 0.25) is 0 Å². The Kier molecular flexibility index (Phi) is 5.41. The molecule has 28 heavy (non-hydrogen) atoms. The maximum absolute atomic E-state index is 5.71. The number of hydrogen-bond acceptors (Lipinski definition) is 3. The predicted molar refractivity (Wildman–Crippen MR) is 116 cm³/mol. The van der Waals surface area contributed by atoms with E-state index in [1.807, 2.05) is 24.4 Å². The van der Waals surface area contributed by atoms with E-state index in [0.717, 1.165) is 29.6 Å². The predicted octanol–water partition coefficient (Wildman–Crippen LogP) is 3.41. The lowest BCUT2D eigenvalue weighted by Crippen LogP contribution is -2.35. The standard InChI is InChI=1S/C22H25N5S/c1-25(2)14-15-27-21(20(24-22(27)28)19-10-6-7-12-23-19)17-11-13-26(16-17)18-8-4-3-5-9-18/h3-13,16,20-21H,14-15H2,1-2H3,(H,24,28)/t20-,21+/m0/s1. The first-order valence-corrected chi connectivity index (χ1v) is 9.90. The zero-order chi connectivity index (χ0) is 19.5. The molecule has 1 saturated heterocycles. The largest absolute Gasteiger partial charge is 0.352 e. The van der Waals surface area contributed by atoms with Crippen molar-refractivity contribution in [2.75, 3.05) is 27.2 Å². The van der Waals surface area contributed by atoms with E-state index in [1.54, 1.807) is 0 Å². The molecular weight excluding hydrogens is 366 g/mol. The Balaban J connectivity index is 1.70. The molecule has 3 heterocycles. The Bertz CT molecular complexity index is 922. The fourth-order valence-electron chi connectivity index (χ4n) is 3.67. The maximum atomic E-state index is 5.71. The van der Waals surface area contributed by atoms with E-state index in [2.05, 4.69) is 87.6 Å². The molecular formula is C22H25N5S. The highest BCUT2D eigenvalue weighted by atomic mass is 32.1. The van der Waals surface area contributed by atoms with E-state index < -0.39 is 0 Å². The molecule has 0 saturated carbocycles. The summed E-state index contributed by atoms with van der Waals surface area (Å²) in [6.45, 7) is 1.80. The van der Waals surface area contributed by atoms with Crippen molar-refractivity contribution in [1.82, 2.24) is 24.7 Å². The van der Waals surface area contributed by atoms with Crippen molar-refractivity contribution in [3.8, 4) is 5.69 Å². The third-order valence-corrected chi connectivity index (χ3v) is 5.45. The summed E-state index contributed by atoms with van der Waals surface area (Å²) in [5, 5.41) is 4.30. The third kappa shape index (κ3) is 3.79. The Hall–Kier alpha value is -2.70. The van der Waals surface area contributed by atoms with Crippen LogP contribution in [0.3, 0.4) is 0 Å². The minimum atomic E-state index is 0.0301. The van der Waals surface area contributed by atoms with Crippen molar-refractivity contribution in [3.63, 3.8) is 0 Å². The van der Waals surface area contributed by atoms with Crippen LogP contribution in [-0.4, -0.2) is 51.6 Å². The lowest BCUT2D eigenvalue weighted by atomic mass is 9.99. The second kappa shape index (κ2) is 8.12. The Morgan fingerprint density at radius 3 is 2.57 bits per heavy atom. The Morgan fingerprint density at radius 2 is 1.86 bits per heavy atom. The molecule has 1 N–H and O–H groups in total. The number of aromatic nitrogens is 2. The van der Waals surface area contributed by atoms with Gasteiger partial charge in [0, 0.05) is 37.4 Å². The molecule has 6 heteroatoms. The summed E-state index contributed by atoms with van der Waals surface area (Å²) in [5.74, 6) is 0. The van der Waals surface area contributed by atoms with E-state index in [0.29, 0.717) is 0 Å². The number of benzene rings is 1. The molecule has 2 aromatic heterocycles. The van der Waals surface area contributed by atoms with Crippen LogP contribution in [-0.2, 0) is 0 Å². The zero-order valence-corrected chi connectivity index (χ0v) is 17.0. The van der Waals surface area contributed by atoms with Crippen LogP contribution in [0.5, 0.6) is 0 Å². The summed E-state index contributed by atoms with van der Waals surface area (Å²) in [6, 6.07) is 18.7. The van der Waals surface area contributed by atoms with E-state index in [4.69, 9.17) is 12.2 Å². The van der Waals surface area contributed by atoms with Crippen molar-refractivity contribution in [2.24, 2.45) is 0 Å². The SMILES string of the molecule is CN(C)CCN1C(=S)N[C@@H](c2ccccn2)[C@H]1c1ccn(-c2ccccc2)c1. The second-order valence-corrected chi connectivity index (χ2v) is 7.70. The molecule has 5 nitrogen and oxygen atoms in total. The molecule has 0 radical (unpaired) electrons. The minimum Gasteiger partial charge on any atom is -0.352 e. The van der Waals surface area contributed by atoms with Gasteiger partial charge in [-0.05, 0) is 62.2 Å². The number of para-hydroxylation sites is 1. The van der Waals surface area contributed by atoms with Gasteiger partial charge in [-0.3, -0.25) is 4.98 Å². The van der Waals surface area contributed by atoms with Gasteiger partial charge in [0.2, 0.25) is 0 Å². The summed E-state index contributed by atoms with van der Waals surface area (Å²) in [6.07, 6.45) is 6.16. The third-order valence-electron chi connectivity index (χ3n) is 5.10. The molecule has 1 aliphatic rings. The zero-order valence-electron chi connectivity index (χ0n) is 16.2. The fraction of sp³-hybridized carbons (Fsp3) is 0.273. The molecule has 0 bridgehead atoms. The normalized spacial score (nSPS) is 19.2. The molecule has 1 aliphatic heterocycles. The second-order valence-electron chi connectivity index (χ2n) is 7.31. The van der Waals surface area contributed by atoms with Crippen molar-refractivity contribution >= 4 is 17.3 Å². The number of likely N-dealkylation sites (N-methyl/N-ethyl adjacent to an activating group) is 1. The van der Waals surface area contributed by atoms with Crippen LogP contribution in [0, 0.1) is 0 Å². The van der Waals surface area contributed by atoms with Gasteiger partial charge in [-0.25, -0.2) is 0 Å². The van der Waals surface area contributed by atoms with Crippen molar-refractivity contribution in [3.05, 3.63) is 84.4 Å². The van der Waals surface area contributed by atoms with E-state index in [9.17, 15) is 0 Å². The lowest BCUT2D eigenvalue weighted by Gasteiger charge is -2.28. The van der Waals surface area contributed by atoms with E-state index >= 15 is 0 Å². The number of nitrogens with one attached hydrogen (secondary N) is 1. The highest BCUT2D eigenvalue weighted by Crippen LogP contribution is 2.38. The van der Waals surface area contributed by atoms with Crippen molar-refractivity contribution in [1.29, 1.82) is 0 Å². The number of nitrogens with zero attached hydrogens (tertiary/aromatic N) is 4. The number of thiocarbonyl (C=S) groups is 1. The van der Waals surface area contributed by atoms with Gasteiger partial charge in [-0.1, -0.05) is 24.3 Å². The van der Waals surface area contributed by atoms with Crippen molar-refractivity contribution in [2.45, 2.75) is 12.1 Å².